The van der Waals surface area contributed by atoms with Gasteiger partial charge in [0.1, 0.15) is 19.8 Å². The molecule has 9 nitrogen and oxygen atoms in total. The number of unbranched alkanes of at least 4 members (excludes halogenated alkanes) is 10. The third kappa shape index (κ3) is 39.2. The zero-order valence-corrected chi connectivity index (χ0v) is 35.6. The predicted octanol–water partition coefficient (Wildman–Crippen LogP) is 11.5. The second-order valence-electron chi connectivity index (χ2n) is 14.7. The first-order valence-electron chi connectivity index (χ1n) is 20.7. The van der Waals surface area contributed by atoms with Gasteiger partial charge in [-0.05, 0) is 70.6 Å². The third-order valence-corrected chi connectivity index (χ3v) is 9.21. The molecule has 310 valence electrons. The van der Waals surface area contributed by atoms with Crippen molar-refractivity contribution in [1.82, 2.24) is 0 Å². The molecule has 0 aromatic carbocycles. The summed E-state index contributed by atoms with van der Waals surface area (Å²) < 4.78 is 34.1. The van der Waals surface area contributed by atoms with Crippen LogP contribution in [0.5, 0.6) is 0 Å². The van der Waals surface area contributed by atoms with Gasteiger partial charge in [0, 0.05) is 12.8 Å². The average Bonchev–Trinajstić information content (AvgIpc) is 3.12. The van der Waals surface area contributed by atoms with Crippen LogP contribution in [-0.2, 0) is 32.7 Å². The molecule has 0 aliphatic carbocycles. The van der Waals surface area contributed by atoms with Crippen LogP contribution in [0.3, 0.4) is 0 Å². The van der Waals surface area contributed by atoms with E-state index in [4.69, 9.17) is 18.5 Å². The van der Waals surface area contributed by atoms with Crippen molar-refractivity contribution in [2.75, 3.05) is 47.5 Å². The molecule has 0 saturated heterocycles. The molecule has 0 aromatic heterocycles. The summed E-state index contributed by atoms with van der Waals surface area (Å²) in [6.45, 7) is 4.23. The summed E-state index contributed by atoms with van der Waals surface area (Å²) in [6.07, 6.45) is 44.0. The summed E-state index contributed by atoms with van der Waals surface area (Å²) in [5.41, 5.74) is 0. The monoisotopic (exact) mass is 779 g/mol. The van der Waals surface area contributed by atoms with E-state index in [1.807, 2.05) is 33.3 Å². The number of nitrogens with zero attached hydrogens (tertiary/aromatic N) is 1. The zero-order chi connectivity index (χ0) is 40.0. The molecule has 0 fully saturated rings. The molecule has 1 N–H and O–H groups in total. The summed E-state index contributed by atoms with van der Waals surface area (Å²) in [4.78, 5) is 35.2. The molecule has 0 radical (unpaired) electrons. The number of hydrogen-bond acceptors (Lipinski definition) is 7. The summed E-state index contributed by atoms with van der Waals surface area (Å²) in [7, 11) is 1.41. The quantitative estimate of drug-likeness (QED) is 0.0220. The van der Waals surface area contributed by atoms with E-state index in [1.54, 1.807) is 0 Å². The molecule has 0 aliphatic rings. The van der Waals surface area contributed by atoms with E-state index in [9.17, 15) is 19.0 Å². The molecule has 0 aliphatic heterocycles. The van der Waals surface area contributed by atoms with E-state index in [1.165, 1.54) is 38.5 Å². The van der Waals surface area contributed by atoms with Crippen LogP contribution in [0.25, 0.3) is 0 Å². The standard InChI is InChI=1S/C44H76NO8P/c1-6-8-10-12-14-16-18-19-20-21-22-23-24-25-27-29-31-33-35-37-44(47)53-42(41-52-54(48,49)51-39-38-45(3,4)5)40-50-43(46)36-34-32-30-28-26-17-15-13-11-9-7-2/h13-16,19-20,22-23,25,27,31,33,42H,6-12,17-18,21,24,26,28-30,32,34-41H2,1-5H3/p+1/b15-13-,16-14-,20-19-,23-22-,27-25-,33-31-/t42-/m1/s1. The smallest absolute Gasteiger partial charge is 0.462 e. The first-order chi connectivity index (χ1) is 26.0. The number of ether oxygens (including phenoxy) is 2. The Balaban J connectivity index is 4.55. The zero-order valence-electron chi connectivity index (χ0n) is 34.7. The normalized spacial score (nSPS) is 14.4. The van der Waals surface area contributed by atoms with Crippen LogP contribution in [0.1, 0.15) is 142 Å². The fourth-order valence-corrected chi connectivity index (χ4v) is 5.66. The molecule has 0 spiro atoms. The third-order valence-electron chi connectivity index (χ3n) is 8.22. The van der Waals surface area contributed by atoms with Gasteiger partial charge in [0.2, 0.25) is 0 Å². The molecule has 0 aromatic rings. The molecule has 2 atom stereocenters. The van der Waals surface area contributed by atoms with Gasteiger partial charge < -0.3 is 18.9 Å². The van der Waals surface area contributed by atoms with E-state index < -0.39 is 32.5 Å². The number of phosphoric acid groups is 1. The second-order valence-corrected chi connectivity index (χ2v) is 16.1. The van der Waals surface area contributed by atoms with Crippen LogP contribution in [0.4, 0.5) is 0 Å². The van der Waals surface area contributed by atoms with Crippen molar-refractivity contribution < 1.29 is 42.1 Å². The number of quaternary nitrogens is 1. The Bertz CT molecular complexity index is 1150. The highest BCUT2D eigenvalue weighted by Crippen LogP contribution is 2.43. The van der Waals surface area contributed by atoms with E-state index >= 15 is 0 Å². The SMILES string of the molecule is CCCC/C=C\CCCCCCCC(=O)OC[C@H](COP(=O)(O)OCC[N+](C)(C)C)OC(=O)CC/C=C\C/C=C\C/C=C\C/C=C\C/C=C\CCCCC. The van der Waals surface area contributed by atoms with Gasteiger partial charge in [0.25, 0.3) is 0 Å². The van der Waals surface area contributed by atoms with Crippen molar-refractivity contribution in [3.63, 3.8) is 0 Å². The highest BCUT2D eigenvalue weighted by molar-refractivity contribution is 7.47. The molecule has 0 rings (SSSR count). The molecule has 0 amide bonds. The number of rotatable bonds is 36. The van der Waals surface area contributed by atoms with E-state index in [2.05, 4.69) is 74.6 Å². The highest BCUT2D eigenvalue weighted by Gasteiger charge is 2.27. The van der Waals surface area contributed by atoms with Crippen LogP contribution in [-0.4, -0.2) is 74.9 Å². The van der Waals surface area contributed by atoms with Crippen LogP contribution in [0.2, 0.25) is 0 Å². The predicted molar refractivity (Wildman–Crippen MR) is 224 cm³/mol. The lowest BCUT2D eigenvalue weighted by Crippen LogP contribution is -2.37. The Morgan fingerprint density at radius 3 is 1.63 bits per heavy atom. The minimum atomic E-state index is -4.39. The Labute approximate surface area is 329 Å². The van der Waals surface area contributed by atoms with Crippen molar-refractivity contribution in [3.8, 4) is 0 Å². The van der Waals surface area contributed by atoms with Gasteiger partial charge >= 0.3 is 19.8 Å². The number of hydrogen-bond donors (Lipinski definition) is 1. The number of phosphoric ester groups is 1. The minimum absolute atomic E-state index is 0.0137. The van der Waals surface area contributed by atoms with Crippen LogP contribution < -0.4 is 0 Å². The van der Waals surface area contributed by atoms with Gasteiger partial charge in [-0.1, -0.05) is 132 Å². The molecular weight excluding hydrogens is 701 g/mol. The van der Waals surface area contributed by atoms with Crippen LogP contribution in [0, 0.1) is 0 Å². The Kier molecular flexibility index (Phi) is 34.4. The maximum absolute atomic E-state index is 12.6. The summed E-state index contributed by atoms with van der Waals surface area (Å²) in [5.74, 6) is -0.915. The molecule has 10 heteroatoms. The van der Waals surface area contributed by atoms with Gasteiger partial charge in [-0.25, -0.2) is 4.57 Å². The lowest BCUT2D eigenvalue weighted by molar-refractivity contribution is -0.870. The van der Waals surface area contributed by atoms with Gasteiger partial charge in [0.15, 0.2) is 6.10 Å². The molecule has 1 unspecified atom stereocenters. The Morgan fingerprint density at radius 1 is 0.574 bits per heavy atom. The Hall–Kier alpha value is -2.55. The van der Waals surface area contributed by atoms with Gasteiger partial charge in [-0.2, -0.15) is 0 Å². The van der Waals surface area contributed by atoms with Gasteiger partial charge in [-0.15, -0.1) is 0 Å². The lowest BCUT2D eigenvalue weighted by Gasteiger charge is -2.24. The minimum Gasteiger partial charge on any atom is -0.462 e. The summed E-state index contributed by atoms with van der Waals surface area (Å²) in [6, 6.07) is 0. The van der Waals surface area contributed by atoms with Crippen molar-refractivity contribution in [1.29, 1.82) is 0 Å². The number of carbonyl (C=O) groups is 2. The fourth-order valence-electron chi connectivity index (χ4n) is 4.92. The van der Waals surface area contributed by atoms with E-state index in [0.29, 0.717) is 23.9 Å². The summed E-state index contributed by atoms with van der Waals surface area (Å²) in [5, 5.41) is 0. The highest BCUT2D eigenvalue weighted by atomic mass is 31.2. The lowest BCUT2D eigenvalue weighted by atomic mass is 10.1. The Morgan fingerprint density at radius 2 is 1.06 bits per heavy atom. The van der Waals surface area contributed by atoms with Crippen molar-refractivity contribution in [3.05, 3.63) is 72.9 Å². The largest absolute Gasteiger partial charge is 0.472 e. The molecule has 54 heavy (non-hydrogen) atoms. The van der Waals surface area contributed by atoms with Gasteiger partial charge in [-0.3, -0.25) is 18.6 Å². The first-order valence-corrected chi connectivity index (χ1v) is 22.2. The van der Waals surface area contributed by atoms with Gasteiger partial charge in [0.05, 0.1) is 27.7 Å². The molecule has 0 heterocycles. The van der Waals surface area contributed by atoms with Crippen LogP contribution in [0.15, 0.2) is 72.9 Å². The van der Waals surface area contributed by atoms with E-state index in [-0.39, 0.29) is 26.1 Å². The van der Waals surface area contributed by atoms with Crippen molar-refractivity contribution in [2.24, 2.45) is 0 Å². The maximum Gasteiger partial charge on any atom is 0.472 e. The van der Waals surface area contributed by atoms with Crippen molar-refractivity contribution >= 4 is 19.8 Å². The van der Waals surface area contributed by atoms with Crippen LogP contribution >= 0.6 is 7.82 Å². The van der Waals surface area contributed by atoms with Crippen molar-refractivity contribution in [2.45, 2.75) is 148 Å². The second kappa shape index (κ2) is 36.1. The first kappa shape index (κ1) is 51.5. The number of allylic oxidation sites excluding steroid dienone is 12. The maximum atomic E-state index is 12.6. The number of esters is 2. The number of carbonyl (C=O) groups excluding carboxylic acids is 2. The summed E-state index contributed by atoms with van der Waals surface area (Å²) >= 11 is 0. The molecule has 0 bridgehead atoms. The number of likely N-dealkylation sites (N-methyl/N-ethyl adjacent to an activating group) is 1. The molecule has 0 saturated carbocycles. The average molecular weight is 779 g/mol. The fraction of sp³-hybridized carbons (Fsp3) is 0.682. The van der Waals surface area contributed by atoms with E-state index in [0.717, 1.165) is 64.2 Å². The topological polar surface area (TPSA) is 108 Å². The molecular formula is C44H77NO8P+.